The maximum Gasteiger partial charge on any atom is 0.334 e. The van der Waals surface area contributed by atoms with Gasteiger partial charge in [0, 0.05) is 17.1 Å². The van der Waals surface area contributed by atoms with Gasteiger partial charge in [0.1, 0.15) is 5.58 Å². The monoisotopic (exact) mass is 312 g/mol. The molecule has 0 aliphatic carbocycles. The van der Waals surface area contributed by atoms with E-state index >= 15 is 0 Å². The summed E-state index contributed by atoms with van der Waals surface area (Å²) in [5.41, 5.74) is -0.337. The lowest BCUT2D eigenvalue weighted by molar-refractivity contribution is -0.386. The molecule has 0 aliphatic heterocycles. The van der Waals surface area contributed by atoms with Gasteiger partial charge in [-0.2, -0.15) is 0 Å². The lowest BCUT2D eigenvalue weighted by atomic mass is 10.2. The highest BCUT2D eigenvalue weighted by Crippen LogP contribution is 2.19. The van der Waals surface area contributed by atoms with E-state index in [-0.39, 0.29) is 12.3 Å². The van der Waals surface area contributed by atoms with Crippen LogP contribution in [0.1, 0.15) is 16.2 Å². The number of benzene rings is 1. The molecule has 0 amide bonds. The number of para-hydroxylation sites is 1. The van der Waals surface area contributed by atoms with Gasteiger partial charge in [-0.3, -0.25) is 24.3 Å². The smallest absolute Gasteiger partial charge is 0.334 e. The van der Waals surface area contributed by atoms with Crippen LogP contribution in [0.3, 0.4) is 0 Å². The SMILES string of the molecule is Cc1ccc([N+](=O)[O-])c(=O)n1CC(=O)c1cc2ccccc2o1. The Morgan fingerprint density at radius 3 is 2.70 bits per heavy atom. The summed E-state index contributed by atoms with van der Waals surface area (Å²) in [6.45, 7) is 1.29. The zero-order valence-corrected chi connectivity index (χ0v) is 12.2. The number of pyridine rings is 1. The summed E-state index contributed by atoms with van der Waals surface area (Å²) in [4.78, 5) is 34.5. The van der Waals surface area contributed by atoms with E-state index in [1.807, 2.05) is 6.07 Å². The van der Waals surface area contributed by atoms with Crippen molar-refractivity contribution in [3.63, 3.8) is 0 Å². The number of nitro groups is 1. The number of carbonyl (C=O) groups excluding carboxylic acids is 1. The molecule has 7 nitrogen and oxygen atoms in total. The molecule has 0 unspecified atom stereocenters. The molecule has 0 spiro atoms. The Hall–Kier alpha value is -3.22. The van der Waals surface area contributed by atoms with Gasteiger partial charge in [0.25, 0.3) is 0 Å². The Labute approximate surface area is 129 Å². The van der Waals surface area contributed by atoms with E-state index in [1.165, 1.54) is 6.07 Å². The molecule has 0 aliphatic rings. The third-order valence-electron chi connectivity index (χ3n) is 3.57. The molecular weight excluding hydrogens is 300 g/mol. The summed E-state index contributed by atoms with van der Waals surface area (Å²) in [6.07, 6.45) is 0. The summed E-state index contributed by atoms with van der Waals surface area (Å²) in [5, 5.41) is 11.6. The first kappa shape index (κ1) is 14.7. The highest BCUT2D eigenvalue weighted by Gasteiger charge is 2.19. The van der Waals surface area contributed by atoms with Crippen LogP contribution in [0.4, 0.5) is 5.69 Å². The average molecular weight is 312 g/mol. The van der Waals surface area contributed by atoms with Gasteiger partial charge in [-0.05, 0) is 25.1 Å². The minimum atomic E-state index is -0.806. The topological polar surface area (TPSA) is 95.4 Å². The van der Waals surface area contributed by atoms with Crippen molar-refractivity contribution < 1.29 is 14.1 Å². The molecule has 3 rings (SSSR count). The standard InChI is InChI=1S/C16H12N2O5/c1-10-6-7-12(18(21)22)16(20)17(10)9-13(19)15-8-11-4-2-3-5-14(11)23-15/h2-8H,9H2,1H3. The number of hydrogen-bond donors (Lipinski definition) is 0. The number of ketones is 1. The van der Waals surface area contributed by atoms with Crippen LogP contribution in [0.15, 0.2) is 51.7 Å². The summed E-state index contributed by atoms with van der Waals surface area (Å²) in [7, 11) is 0. The van der Waals surface area contributed by atoms with Gasteiger partial charge < -0.3 is 4.42 Å². The third-order valence-corrected chi connectivity index (χ3v) is 3.57. The molecular formula is C16H12N2O5. The fraction of sp³-hybridized carbons (Fsp3) is 0.125. The molecule has 0 saturated heterocycles. The van der Waals surface area contributed by atoms with Crippen LogP contribution in [0.25, 0.3) is 11.0 Å². The Balaban J connectivity index is 1.98. The number of aromatic nitrogens is 1. The van der Waals surface area contributed by atoms with Crippen molar-refractivity contribution in [1.82, 2.24) is 4.57 Å². The quantitative estimate of drug-likeness (QED) is 0.419. The van der Waals surface area contributed by atoms with Crippen molar-refractivity contribution in [2.75, 3.05) is 0 Å². The molecule has 23 heavy (non-hydrogen) atoms. The van der Waals surface area contributed by atoms with Crippen molar-refractivity contribution in [1.29, 1.82) is 0 Å². The van der Waals surface area contributed by atoms with Crippen molar-refractivity contribution in [3.8, 4) is 0 Å². The number of Topliss-reactive ketones (excluding diaryl/α,β-unsaturated/α-hetero) is 1. The van der Waals surface area contributed by atoms with E-state index in [0.717, 1.165) is 16.0 Å². The third kappa shape index (κ3) is 2.64. The molecule has 2 aromatic heterocycles. The summed E-state index contributed by atoms with van der Waals surface area (Å²) < 4.78 is 6.54. The predicted octanol–water partition coefficient (Wildman–Crippen LogP) is 2.69. The van der Waals surface area contributed by atoms with Crippen molar-refractivity contribution in [3.05, 3.63) is 74.4 Å². The van der Waals surface area contributed by atoms with Gasteiger partial charge in [0.15, 0.2) is 5.76 Å². The Kier molecular flexibility index (Phi) is 3.53. The van der Waals surface area contributed by atoms with Crippen molar-refractivity contribution >= 4 is 22.4 Å². The van der Waals surface area contributed by atoms with Crippen LogP contribution in [-0.4, -0.2) is 15.3 Å². The molecule has 0 bridgehead atoms. The lowest BCUT2D eigenvalue weighted by Gasteiger charge is -2.07. The number of carbonyl (C=O) groups is 1. The van der Waals surface area contributed by atoms with Crippen LogP contribution < -0.4 is 5.56 Å². The molecule has 0 atom stereocenters. The van der Waals surface area contributed by atoms with Gasteiger partial charge in [-0.1, -0.05) is 18.2 Å². The van der Waals surface area contributed by atoms with Crippen molar-refractivity contribution in [2.24, 2.45) is 0 Å². The second-order valence-corrected chi connectivity index (χ2v) is 5.08. The Morgan fingerprint density at radius 1 is 1.26 bits per heavy atom. The second kappa shape index (κ2) is 5.53. The maximum absolute atomic E-state index is 12.3. The Bertz CT molecular complexity index is 951. The first-order valence-electron chi connectivity index (χ1n) is 6.84. The summed E-state index contributed by atoms with van der Waals surface area (Å²) in [5.74, 6) is -0.309. The first-order chi connectivity index (χ1) is 11.0. The molecule has 0 fully saturated rings. The zero-order chi connectivity index (χ0) is 16.6. The highest BCUT2D eigenvalue weighted by molar-refractivity contribution is 5.97. The summed E-state index contributed by atoms with van der Waals surface area (Å²) >= 11 is 0. The molecule has 0 radical (unpaired) electrons. The summed E-state index contributed by atoms with van der Waals surface area (Å²) in [6, 6.07) is 11.3. The molecule has 3 aromatic rings. The number of fused-ring (bicyclic) bond motifs is 1. The highest BCUT2D eigenvalue weighted by atomic mass is 16.6. The number of nitrogens with zero attached hydrogens (tertiary/aromatic N) is 2. The van der Waals surface area contributed by atoms with Crippen LogP contribution >= 0.6 is 0 Å². The van der Waals surface area contributed by atoms with E-state index in [0.29, 0.717) is 11.3 Å². The van der Waals surface area contributed by atoms with Crippen LogP contribution in [0, 0.1) is 17.0 Å². The van der Waals surface area contributed by atoms with Gasteiger partial charge in [-0.25, -0.2) is 0 Å². The van der Waals surface area contributed by atoms with Gasteiger partial charge in [-0.15, -0.1) is 0 Å². The van der Waals surface area contributed by atoms with Gasteiger partial charge in [0.05, 0.1) is 11.5 Å². The average Bonchev–Trinajstić information content (AvgIpc) is 2.95. The van der Waals surface area contributed by atoms with Crippen LogP contribution in [0.5, 0.6) is 0 Å². The van der Waals surface area contributed by atoms with E-state index in [2.05, 4.69) is 0 Å². The largest absolute Gasteiger partial charge is 0.453 e. The molecule has 0 saturated carbocycles. The second-order valence-electron chi connectivity index (χ2n) is 5.08. The fourth-order valence-electron chi connectivity index (χ4n) is 2.34. The molecule has 0 N–H and O–H groups in total. The van der Waals surface area contributed by atoms with E-state index < -0.39 is 22.0 Å². The molecule has 1 aromatic carbocycles. The first-order valence-corrected chi connectivity index (χ1v) is 6.84. The number of furan rings is 1. The van der Waals surface area contributed by atoms with E-state index in [9.17, 15) is 19.7 Å². The minimum absolute atomic E-state index is 0.115. The van der Waals surface area contributed by atoms with E-state index in [4.69, 9.17) is 4.42 Å². The fourth-order valence-corrected chi connectivity index (χ4v) is 2.34. The number of rotatable bonds is 4. The maximum atomic E-state index is 12.3. The molecule has 7 heteroatoms. The predicted molar refractivity (Wildman–Crippen MR) is 82.6 cm³/mol. The zero-order valence-electron chi connectivity index (χ0n) is 12.2. The minimum Gasteiger partial charge on any atom is -0.453 e. The van der Waals surface area contributed by atoms with Gasteiger partial charge in [0.2, 0.25) is 5.78 Å². The van der Waals surface area contributed by atoms with Gasteiger partial charge >= 0.3 is 11.2 Å². The normalized spacial score (nSPS) is 10.8. The number of aryl methyl sites for hydroxylation is 1. The van der Waals surface area contributed by atoms with Crippen LogP contribution in [-0.2, 0) is 6.54 Å². The Morgan fingerprint density at radius 2 is 2.00 bits per heavy atom. The van der Waals surface area contributed by atoms with Crippen LogP contribution in [0.2, 0.25) is 0 Å². The van der Waals surface area contributed by atoms with E-state index in [1.54, 1.807) is 31.2 Å². The molecule has 2 heterocycles. The van der Waals surface area contributed by atoms with Crippen molar-refractivity contribution in [2.45, 2.75) is 13.5 Å². The molecule has 116 valence electrons. The number of hydrogen-bond acceptors (Lipinski definition) is 5. The lowest BCUT2D eigenvalue weighted by Crippen LogP contribution is -2.27.